The Labute approximate surface area is 104 Å². The van der Waals surface area contributed by atoms with Crippen molar-refractivity contribution in [1.29, 1.82) is 0 Å². The predicted octanol–water partition coefficient (Wildman–Crippen LogP) is 0.264. The van der Waals surface area contributed by atoms with E-state index in [1.54, 1.807) is 0 Å². The molecule has 1 fully saturated rings. The molecule has 3 N–H and O–H groups in total. The molecule has 7 heteroatoms. The second-order valence-corrected chi connectivity index (χ2v) is 4.22. The van der Waals surface area contributed by atoms with Crippen LogP contribution in [0.4, 0.5) is 0 Å². The van der Waals surface area contributed by atoms with E-state index in [1.807, 2.05) is 0 Å². The summed E-state index contributed by atoms with van der Waals surface area (Å²) in [6.07, 6.45) is 3.19. The lowest BCUT2D eigenvalue weighted by Gasteiger charge is -2.21. The highest BCUT2D eigenvalue weighted by Crippen LogP contribution is 2.12. The molecule has 1 aliphatic rings. The molecule has 0 saturated carbocycles. The third kappa shape index (κ3) is 2.86. The average Bonchev–Trinajstić information content (AvgIpc) is 2.86. The molecule has 1 aliphatic heterocycles. The van der Waals surface area contributed by atoms with E-state index in [1.165, 1.54) is 6.33 Å². The van der Waals surface area contributed by atoms with Gasteiger partial charge in [-0.05, 0) is 18.8 Å². The van der Waals surface area contributed by atoms with Gasteiger partial charge >= 0.3 is 5.97 Å². The Balaban J connectivity index is 1.91. The molecule has 0 aromatic carbocycles. The van der Waals surface area contributed by atoms with Gasteiger partial charge in [-0.1, -0.05) is 0 Å². The van der Waals surface area contributed by atoms with Gasteiger partial charge in [-0.2, -0.15) is 0 Å². The van der Waals surface area contributed by atoms with E-state index in [0.717, 1.165) is 19.4 Å². The first-order valence-corrected chi connectivity index (χ1v) is 5.81. The second-order valence-electron chi connectivity index (χ2n) is 4.22. The van der Waals surface area contributed by atoms with Crippen molar-refractivity contribution in [2.75, 3.05) is 19.8 Å². The molecule has 18 heavy (non-hydrogen) atoms. The first-order chi connectivity index (χ1) is 8.68. The molecular formula is C11H15N3O4. The Bertz CT molecular complexity index is 437. The van der Waals surface area contributed by atoms with Gasteiger partial charge < -0.3 is 20.1 Å². The number of imidazole rings is 1. The number of hydrogen-bond acceptors (Lipinski definition) is 4. The molecule has 0 radical (unpaired) electrons. The molecule has 1 aromatic heterocycles. The summed E-state index contributed by atoms with van der Waals surface area (Å²) in [6, 6.07) is 0. The fourth-order valence-corrected chi connectivity index (χ4v) is 1.92. The number of carboxylic acid groups (broad SMARTS) is 1. The number of H-pyrrole nitrogens is 1. The SMILES string of the molecule is O=C(NCC1CCCOC1)c1nc[nH]c1C(=O)O. The van der Waals surface area contributed by atoms with Crippen LogP contribution in [0.25, 0.3) is 0 Å². The number of amides is 1. The molecule has 2 heterocycles. The van der Waals surface area contributed by atoms with E-state index in [4.69, 9.17) is 9.84 Å². The number of nitrogens with one attached hydrogen (secondary N) is 2. The maximum atomic E-state index is 11.8. The van der Waals surface area contributed by atoms with Gasteiger partial charge in [-0.3, -0.25) is 4.79 Å². The number of aromatic amines is 1. The quantitative estimate of drug-likeness (QED) is 0.714. The van der Waals surface area contributed by atoms with Gasteiger partial charge in [0.05, 0.1) is 12.9 Å². The van der Waals surface area contributed by atoms with Gasteiger partial charge in [-0.15, -0.1) is 0 Å². The minimum Gasteiger partial charge on any atom is -0.477 e. The lowest BCUT2D eigenvalue weighted by atomic mass is 10.0. The number of carbonyl (C=O) groups excluding carboxylic acids is 1. The van der Waals surface area contributed by atoms with Crippen LogP contribution >= 0.6 is 0 Å². The summed E-state index contributed by atoms with van der Waals surface area (Å²) in [5.74, 6) is -1.38. The molecule has 1 amide bonds. The third-order valence-electron chi connectivity index (χ3n) is 2.87. The van der Waals surface area contributed by atoms with Crippen molar-refractivity contribution in [3.05, 3.63) is 17.7 Å². The molecule has 1 atom stereocenters. The Morgan fingerprint density at radius 2 is 2.44 bits per heavy atom. The third-order valence-corrected chi connectivity index (χ3v) is 2.87. The van der Waals surface area contributed by atoms with Crippen molar-refractivity contribution in [3.63, 3.8) is 0 Å². The van der Waals surface area contributed by atoms with Crippen molar-refractivity contribution in [2.24, 2.45) is 5.92 Å². The maximum absolute atomic E-state index is 11.8. The van der Waals surface area contributed by atoms with Crippen LogP contribution in [0.2, 0.25) is 0 Å². The van der Waals surface area contributed by atoms with Gasteiger partial charge in [0.2, 0.25) is 0 Å². The normalized spacial score (nSPS) is 19.4. The Morgan fingerprint density at radius 3 is 3.11 bits per heavy atom. The van der Waals surface area contributed by atoms with Crippen molar-refractivity contribution in [2.45, 2.75) is 12.8 Å². The summed E-state index contributed by atoms with van der Waals surface area (Å²) in [5.41, 5.74) is -0.272. The summed E-state index contributed by atoms with van der Waals surface area (Å²) in [6.45, 7) is 1.88. The molecule has 98 valence electrons. The van der Waals surface area contributed by atoms with Crippen LogP contribution in [-0.4, -0.2) is 46.7 Å². The number of hydrogen-bond donors (Lipinski definition) is 3. The van der Waals surface area contributed by atoms with Crippen LogP contribution in [0.15, 0.2) is 6.33 Å². The van der Waals surface area contributed by atoms with E-state index >= 15 is 0 Å². The van der Waals surface area contributed by atoms with E-state index in [2.05, 4.69) is 15.3 Å². The van der Waals surface area contributed by atoms with Crippen LogP contribution in [0.3, 0.4) is 0 Å². The first-order valence-electron chi connectivity index (χ1n) is 5.81. The van der Waals surface area contributed by atoms with Crippen LogP contribution < -0.4 is 5.32 Å². The number of carbonyl (C=O) groups is 2. The predicted molar refractivity (Wildman–Crippen MR) is 61.4 cm³/mol. The van der Waals surface area contributed by atoms with Gasteiger partial charge in [-0.25, -0.2) is 9.78 Å². The highest BCUT2D eigenvalue weighted by molar-refractivity contribution is 6.02. The average molecular weight is 253 g/mol. The largest absolute Gasteiger partial charge is 0.477 e. The molecule has 0 aliphatic carbocycles. The summed E-state index contributed by atoms with van der Waals surface area (Å²) < 4.78 is 5.30. The minimum atomic E-state index is -1.20. The maximum Gasteiger partial charge on any atom is 0.354 e. The summed E-state index contributed by atoms with van der Waals surface area (Å²) >= 11 is 0. The molecule has 2 rings (SSSR count). The van der Waals surface area contributed by atoms with Gasteiger partial charge in [0.15, 0.2) is 11.4 Å². The fourth-order valence-electron chi connectivity index (χ4n) is 1.92. The van der Waals surface area contributed by atoms with E-state index in [0.29, 0.717) is 13.2 Å². The Hall–Kier alpha value is -1.89. The van der Waals surface area contributed by atoms with Crippen molar-refractivity contribution >= 4 is 11.9 Å². The van der Waals surface area contributed by atoms with E-state index in [-0.39, 0.29) is 17.3 Å². The number of ether oxygens (including phenoxy) is 1. The number of carboxylic acids is 1. The molecule has 0 bridgehead atoms. The Kier molecular flexibility index (Phi) is 3.93. The van der Waals surface area contributed by atoms with Crippen LogP contribution in [-0.2, 0) is 4.74 Å². The zero-order valence-electron chi connectivity index (χ0n) is 9.81. The van der Waals surface area contributed by atoms with E-state index in [9.17, 15) is 9.59 Å². The number of nitrogens with zero attached hydrogens (tertiary/aromatic N) is 1. The first kappa shape index (κ1) is 12.6. The summed E-state index contributed by atoms with van der Waals surface area (Å²) in [4.78, 5) is 28.7. The molecule has 0 spiro atoms. The minimum absolute atomic E-state index is 0.0840. The van der Waals surface area contributed by atoms with Crippen molar-refractivity contribution < 1.29 is 19.4 Å². The molecule has 1 saturated heterocycles. The monoisotopic (exact) mass is 253 g/mol. The van der Waals surface area contributed by atoms with Crippen LogP contribution in [0.5, 0.6) is 0 Å². The highest BCUT2D eigenvalue weighted by Gasteiger charge is 2.21. The standard InChI is InChI=1S/C11H15N3O4/c15-10(8-9(11(16)17)14-6-13-8)12-4-7-2-1-3-18-5-7/h6-7H,1-5H2,(H,12,15)(H,13,14)(H,16,17). The van der Waals surface area contributed by atoms with Crippen molar-refractivity contribution in [3.8, 4) is 0 Å². The van der Waals surface area contributed by atoms with Gasteiger partial charge in [0, 0.05) is 13.2 Å². The molecule has 1 unspecified atom stereocenters. The summed E-state index contributed by atoms with van der Waals surface area (Å²) in [5, 5.41) is 11.5. The smallest absolute Gasteiger partial charge is 0.354 e. The van der Waals surface area contributed by atoms with Crippen LogP contribution in [0.1, 0.15) is 33.8 Å². The molecular weight excluding hydrogens is 238 g/mol. The molecule has 1 aromatic rings. The topological polar surface area (TPSA) is 104 Å². The van der Waals surface area contributed by atoms with Gasteiger partial charge in [0.1, 0.15) is 0 Å². The van der Waals surface area contributed by atoms with Gasteiger partial charge in [0.25, 0.3) is 5.91 Å². The second kappa shape index (κ2) is 5.63. The number of aromatic carboxylic acids is 1. The zero-order valence-corrected chi connectivity index (χ0v) is 9.81. The number of rotatable bonds is 4. The summed E-state index contributed by atoms with van der Waals surface area (Å²) in [7, 11) is 0. The van der Waals surface area contributed by atoms with Crippen LogP contribution in [0, 0.1) is 5.92 Å². The van der Waals surface area contributed by atoms with Crippen molar-refractivity contribution in [1.82, 2.24) is 15.3 Å². The zero-order chi connectivity index (χ0) is 13.0. The lowest BCUT2D eigenvalue weighted by molar-refractivity contribution is 0.0534. The molecule has 7 nitrogen and oxygen atoms in total. The fraction of sp³-hybridized carbons (Fsp3) is 0.545. The Morgan fingerprint density at radius 1 is 1.61 bits per heavy atom. The van der Waals surface area contributed by atoms with E-state index < -0.39 is 11.9 Å². The highest BCUT2D eigenvalue weighted by atomic mass is 16.5. The number of aromatic nitrogens is 2. The lowest BCUT2D eigenvalue weighted by Crippen LogP contribution is -2.34.